The molecule has 0 radical (unpaired) electrons. The number of ether oxygens (including phenoxy) is 4. The second-order valence-electron chi connectivity index (χ2n) is 8.99. The second-order valence-corrected chi connectivity index (χ2v) is 8.99. The van der Waals surface area contributed by atoms with Crippen LogP contribution in [0.1, 0.15) is 48.0 Å². The zero-order valence-electron chi connectivity index (χ0n) is 19.8. The Balaban J connectivity index is 1.68. The molecule has 1 heterocycles. The van der Waals surface area contributed by atoms with E-state index < -0.39 is 0 Å². The zero-order valence-corrected chi connectivity index (χ0v) is 19.8. The van der Waals surface area contributed by atoms with Gasteiger partial charge in [-0.2, -0.15) is 0 Å². The van der Waals surface area contributed by atoms with E-state index in [0.29, 0.717) is 40.9 Å². The Morgan fingerprint density at radius 3 is 2.24 bits per heavy atom. The van der Waals surface area contributed by atoms with Gasteiger partial charge in [-0.15, -0.1) is 0 Å². The average molecular weight is 455 g/mol. The Bertz CT molecular complexity index is 983. The molecular formula is C26H34N2O5. The van der Waals surface area contributed by atoms with Crippen molar-refractivity contribution in [3.05, 3.63) is 41.5 Å². The summed E-state index contributed by atoms with van der Waals surface area (Å²) in [6.45, 7) is 2.14. The molecule has 1 saturated carbocycles. The van der Waals surface area contributed by atoms with E-state index in [-0.39, 0.29) is 11.3 Å². The van der Waals surface area contributed by atoms with Crippen LogP contribution in [0.3, 0.4) is 0 Å². The summed E-state index contributed by atoms with van der Waals surface area (Å²) in [6, 6.07) is 9.43. The Morgan fingerprint density at radius 2 is 1.64 bits per heavy atom. The van der Waals surface area contributed by atoms with E-state index in [0.717, 1.165) is 31.5 Å². The Hall–Kier alpha value is -2.93. The highest BCUT2D eigenvalue weighted by molar-refractivity contribution is 5.99. The van der Waals surface area contributed by atoms with Gasteiger partial charge in [0.2, 0.25) is 11.5 Å². The van der Waals surface area contributed by atoms with Crippen molar-refractivity contribution in [2.24, 2.45) is 11.1 Å². The molecule has 7 heteroatoms. The Kier molecular flexibility index (Phi) is 6.98. The van der Waals surface area contributed by atoms with Crippen LogP contribution in [0.25, 0.3) is 0 Å². The molecule has 2 aliphatic rings. The van der Waals surface area contributed by atoms with E-state index in [1.54, 1.807) is 13.2 Å². The summed E-state index contributed by atoms with van der Waals surface area (Å²) in [6.07, 6.45) is 6.78. The second kappa shape index (κ2) is 9.91. The standard InChI is InChI=1S/C26H34N2O5/c1-30-22-20(25(29)28-15-13-26(17-28)11-4-5-12-26)16-21(23(31-2)24(22)32-3)33-19-8-6-18(7-9-19)10-14-27/h6-9,16H,4-5,10-15,17,27H2,1-3H3. The van der Waals surface area contributed by atoms with Crippen molar-refractivity contribution < 1.29 is 23.7 Å². The van der Waals surface area contributed by atoms with Gasteiger partial charge in [-0.05, 0) is 55.3 Å². The molecule has 33 heavy (non-hydrogen) atoms. The fourth-order valence-corrected chi connectivity index (χ4v) is 5.25. The number of benzene rings is 2. The summed E-state index contributed by atoms with van der Waals surface area (Å²) < 4.78 is 23.0. The van der Waals surface area contributed by atoms with Gasteiger partial charge in [-0.3, -0.25) is 4.79 Å². The van der Waals surface area contributed by atoms with Crippen LogP contribution in [-0.4, -0.2) is 51.8 Å². The van der Waals surface area contributed by atoms with E-state index in [2.05, 4.69) is 0 Å². The minimum atomic E-state index is -0.0697. The molecule has 0 aromatic heterocycles. The molecule has 0 bridgehead atoms. The molecule has 1 amide bonds. The Labute approximate surface area is 195 Å². The molecule has 0 atom stereocenters. The van der Waals surface area contributed by atoms with Gasteiger partial charge < -0.3 is 29.6 Å². The third kappa shape index (κ3) is 4.60. The highest BCUT2D eigenvalue weighted by atomic mass is 16.5. The molecular weight excluding hydrogens is 420 g/mol. The van der Waals surface area contributed by atoms with Gasteiger partial charge in [-0.1, -0.05) is 25.0 Å². The number of rotatable bonds is 8. The summed E-state index contributed by atoms with van der Waals surface area (Å²) in [7, 11) is 4.61. The van der Waals surface area contributed by atoms with Gasteiger partial charge in [0.25, 0.3) is 5.91 Å². The summed E-state index contributed by atoms with van der Waals surface area (Å²) in [5.74, 6) is 2.05. The van der Waals surface area contributed by atoms with Gasteiger partial charge >= 0.3 is 0 Å². The van der Waals surface area contributed by atoms with Gasteiger partial charge in [0.1, 0.15) is 5.75 Å². The number of likely N-dealkylation sites (tertiary alicyclic amines) is 1. The molecule has 4 rings (SSSR count). The molecule has 1 aliphatic heterocycles. The average Bonchev–Trinajstić information content (AvgIpc) is 3.48. The number of nitrogens with two attached hydrogens (primary N) is 1. The van der Waals surface area contributed by atoms with Crippen molar-refractivity contribution in [1.29, 1.82) is 0 Å². The smallest absolute Gasteiger partial charge is 0.257 e. The van der Waals surface area contributed by atoms with E-state index in [4.69, 9.17) is 24.7 Å². The predicted molar refractivity (Wildman–Crippen MR) is 127 cm³/mol. The lowest BCUT2D eigenvalue weighted by atomic mass is 9.86. The lowest BCUT2D eigenvalue weighted by Gasteiger charge is -2.25. The van der Waals surface area contributed by atoms with Crippen LogP contribution in [0.4, 0.5) is 0 Å². The number of hydrogen-bond acceptors (Lipinski definition) is 6. The molecule has 2 aromatic carbocycles. The SMILES string of the molecule is COc1c(Oc2ccc(CCN)cc2)cc(C(=O)N2CCC3(CCCC3)C2)c(OC)c1OC. The maximum absolute atomic E-state index is 13.6. The molecule has 1 aliphatic carbocycles. The van der Waals surface area contributed by atoms with Crippen molar-refractivity contribution in [2.75, 3.05) is 41.0 Å². The number of hydrogen-bond donors (Lipinski definition) is 1. The summed E-state index contributed by atoms with van der Waals surface area (Å²) in [5, 5.41) is 0. The fraction of sp³-hybridized carbons (Fsp3) is 0.500. The van der Waals surface area contributed by atoms with Crippen LogP contribution < -0.4 is 24.7 Å². The van der Waals surface area contributed by atoms with Crippen molar-refractivity contribution in [2.45, 2.75) is 38.5 Å². The minimum absolute atomic E-state index is 0.0697. The summed E-state index contributed by atoms with van der Waals surface area (Å²) in [5.41, 5.74) is 7.48. The molecule has 0 unspecified atom stereocenters. The van der Waals surface area contributed by atoms with Crippen LogP contribution >= 0.6 is 0 Å². The lowest BCUT2D eigenvalue weighted by molar-refractivity contribution is 0.0768. The first kappa shape index (κ1) is 23.2. The first-order chi connectivity index (χ1) is 16.0. The van der Waals surface area contributed by atoms with Crippen LogP contribution in [0, 0.1) is 5.41 Å². The molecule has 7 nitrogen and oxygen atoms in total. The number of carbonyl (C=O) groups is 1. The number of nitrogens with zero attached hydrogens (tertiary/aromatic N) is 1. The molecule has 178 valence electrons. The van der Waals surface area contributed by atoms with Gasteiger partial charge in [-0.25, -0.2) is 0 Å². The Morgan fingerprint density at radius 1 is 0.970 bits per heavy atom. The number of methoxy groups -OCH3 is 3. The van der Waals surface area contributed by atoms with Crippen LogP contribution in [0.5, 0.6) is 28.7 Å². The maximum atomic E-state index is 13.6. The first-order valence-electron chi connectivity index (χ1n) is 11.6. The van der Waals surface area contributed by atoms with Gasteiger partial charge in [0, 0.05) is 19.2 Å². The highest BCUT2D eigenvalue weighted by Crippen LogP contribution is 2.50. The molecule has 2 N–H and O–H groups in total. The van der Waals surface area contributed by atoms with Crippen molar-refractivity contribution in [1.82, 2.24) is 4.90 Å². The molecule has 2 fully saturated rings. The lowest BCUT2D eigenvalue weighted by Crippen LogP contribution is -2.31. The minimum Gasteiger partial charge on any atom is -0.492 e. The van der Waals surface area contributed by atoms with Crippen LogP contribution in [0.2, 0.25) is 0 Å². The summed E-state index contributed by atoms with van der Waals surface area (Å²) >= 11 is 0. The van der Waals surface area contributed by atoms with Crippen molar-refractivity contribution in [3.63, 3.8) is 0 Å². The fourth-order valence-electron chi connectivity index (χ4n) is 5.25. The van der Waals surface area contributed by atoms with Crippen LogP contribution in [0.15, 0.2) is 30.3 Å². The van der Waals surface area contributed by atoms with E-state index in [1.807, 2.05) is 29.2 Å². The predicted octanol–water partition coefficient (Wildman–Crippen LogP) is 4.41. The normalized spacial score (nSPS) is 16.8. The van der Waals surface area contributed by atoms with Crippen molar-refractivity contribution >= 4 is 5.91 Å². The van der Waals surface area contributed by atoms with Crippen molar-refractivity contribution in [3.8, 4) is 28.7 Å². The third-order valence-corrected chi connectivity index (χ3v) is 6.97. The largest absolute Gasteiger partial charge is 0.492 e. The topological polar surface area (TPSA) is 83.3 Å². The molecule has 2 aromatic rings. The van der Waals surface area contributed by atoms with E-state index in [1.165, 1.54) is 39.9 Å². The summed E-state index contributed by atoms with van der Waals surface area (Å²) in [4.78, 5) is 15.6. The highest BCUT2D eigenvalue weighted by Gasteiger charge is 2.42. The maximum Gasteiger partial charge on any atom is 0.257 e. The first-order valence-corrected chi connectivity index (χ1v) is 11.6. The van der Waals surface area contributed by atoms with Gasteiger partial charge in [0.15, 0.2) is 11.5 Å². The quantitative estimate of drug-likeness (QED) is 0.636. The monoisotopic (exact) mass is 454 g/mol. The zero-order chi connectivity index (χ0) is 23.4. The van der Waals surface area contributed by atoms with E-state index in [9.17, 15) is 4.79 Å². The van der Waals surface area contributed by atoms with E-state index >= 15 is 0 Å². The number of amides is 1. The van der Waals surface area contributed by atoms with Crippen LogP contribution in [-0.2, 0) is 6.42 Å². The van der Waals surface area contributed by atoms with Gasteiger partial charge in [0.05, 0.1) is 26.9 Å². The molecule has 1 saturated heterocycles. The molecule has 1 spiro atoms. The third-order valence-electron chi connectivity index (χ3n) is 6.97. The number of carbonyl (C=O) groups excluding carboxylic acids is 1.